The van der Waals surface area contributed by atoms with E-state index < -0.39 is 6.10 Å². The molecule has 0 aliphatic heterocycles. The van der Waals surface area contributed by atoms with E-state index in [-0.39, 0.29) is 13.0 Å². The van der Waals surface area contributed by atoms with Crippen molar-refractivity contribution in [3.05, 3.63) is 0 Å². The number of hydrogen-bond donors (Lipinski definition) is 2. The van der Waals surface area contributed by atoms with Crippen LogP contribution in [0.15, 0.2) is 0 Å². The molecule has 0 saturated heterocycles. The third kappa shape index (κ3) is 3.23. The lowest BCUT2D eigenvalue weighted by Crippen LogP contribution is -2.09. The lowest BCUT2D eigenvalue weighted by Gasteiger charge is -1.95. The van der Waals surface area contributed by atoms with Crippen molar-refractivity contribution in [3.63, 3.8) is 0 Å². The zero-order chi connectivity index (χ0) is 5.70. The summed E-state index contributed by atoms with van der Waals surface area (Å²) < 4.78 is 0. The maximum atomic E-state index is 8.39. The summed E-state index contributed by atoms with van der Waals surface area (Å²) >= 11 is 0. The van der Waals surface area contributed by atoms with Crippen LogP contribution in [0.2, 0.25) is 0 Å². The average molecular weight is 101 g/mol. The number of nitrogens with zero attached hydrogens (tertiary/aromatic N) is 1. The Balaban J connectivity index is 3.03. The Morgan fingerprint density at radius 3 is 2.43 bits per heavy atom. The molecule has 0 amide bonds. The smallest absolute Gasteiger partial charge is 0.0900 e. The van der Waals surface area contributed by atoms with Gasteiger partial charge in [-0.05, 0) is 0 Å². The van der Waals surface area contributed by atoms with Crippen LogP contribution in [0.1, 0.15) is 6.42 Å². The minimum atomic E-state index is -0.856. The van der Waals surface area contributed by atoms with Crippen LogP contribution in [0.25, 0.3) is 0 Å². The maximum Gasteiger partial charge on any atom is 0.0900 e. The molecular weight excluding hydrogens is 94.0 g/mol. The molecular formula is C4H7NO2. The van der Waals surface area contributed by atoms with Gasteiger partial charge in [0.15, 0.2) is 0 Å². The molecule has 0 radical (unpaired) electrons. The molecule has 0 unspecified atom stereocenters. The molecule has 0 aliphatic rings. The van der Waals surface area contributed by atoms with Crippen LogP contribution in [-0.2, 0) is 0 Å². The first-order valence-electron chi connectivity index (χ1n) is 1.97. The molecule has 0 saturated carbocycles. The van der Waals surface area contributed by atoms with Crippen molar-refractivity contribution in [1.29, 1.82) is 5.26 Å². The van der Waals surface area contributed by atoms with Gasteiger partial charge in [0.2, 0.25) is 0 Å². The summed E-state index contributed by atoms with van der Waals surface area (Å²) in [6.07, 6.45) is -0.846. The standard InChI is InChI=1S/C4H7NO2/c5-2-1-4(7)3-6/h4,6-7H,1,3H2/t4-/m1/s1. The summed E-state index contributed by atoms with van der Waals surface area (Å²) in [5.41, 5.74) is 0. The Morgan fingerprint density at radius 2 is 2.29 bits per heavy atom. The van der Waals surface area contributed by atoms with Crippen LogP contribution in [0.5, 0.6) is 0 Å². The van der Waals surface area contributed by atoms with E-state index in [0.717, 1.165) is 0 Å². The van der Waals surface area contributed by atoms with E-state index in [9.17, 15) is 0 Å². The van der Waals surface area contributed by atoms with Gasteiger partial charge in [0.25, 0.3) is 0 Å². The predicted octanol–water partition coefficient (Wildman–Crippen LogP) is -0.747. The Morgan fingerprint density at radius 1 is 1.71 bits per heavy atom. The molecule has 0 aromatic rings. The number of rotatable bonds is 2. The fourth-order valence-electron chi connectivity index (χ4n) is 0.170. The van der Waals surface area contributed by atoms with Crippen molar-refractivity contribution in [2.75, 3.05) is 6.61 Å². The van der Waals surface area contributed by atoms with Gasteiger partial charge in [-0.1, -0.05) is 0 Å². The van der Waals surface area contributed by atoms with Crippen molar-refractivity contribution in [3.8, 4) is 6.07 Å². The first kappa shape index (κ1) is 6.41. The van der Waals surface area contributed by atoms with Gasteiger partial charge in [-0.15, -0.1) is 0 Å². The molecule has 40 valence electrons. The molecule has 0 rings (SSSR count). The molecule has 0 aliphatic carbocycles. The van der Waals surface area contributed by atoms with Gasteiger partial charge in [-0.2, -0.15) is 5.26 Å². The topological polar surface area (TPSA) is 64.2 Å². The number of aliphatic hydroxyl groups excluding tert-OH is 2. The Kier molecular flexibility index (Phi) is 3.29. The van der Waals surface area contributed by atoms with Crippen LogP contribution >= 0.6 is 0 Å². The monoisotopic (exact) mass is 101 g/mol. The number of hydrogen-bond acceptors (Lipinski definition) is 3. The zero-order valence-electron chi connectivity index (χ0n) is 3.83. The first-order valence-corrected chi connectivity index (χ1v) is 1.97. The molecule has 7 heavy (non-hydrogen) atoms. The quantitative estimate of drug-likeness (QED) is 0.481. The van der Waals surface area contributed by atoms with Crippen molar-refractivity contribution >= 4 is 0 Å². The number of aliphatic hydroxyl groups is 2. The Bertz CT molecular complexity index is 76.2. The summed E-state index contributed by atoms with van der Waals surface area (Å²) in [4.78, 5) is 0. The fourth-order valence-corrected chi connectivity index (χ4v) is 0.170. The van der Waals surface area contributed by atoms with Gasteiger partial charge in [-0.3, -0.25) is 0 Å². The molecule has 3 nitrogen and oxygen atoms in total. The molecule has 3 heteroatoms. The third-order valence-corrected chi connectivity index (χ3v) is 0.538. The second-order valence-corrected chi connectivity index (χ2v) is 1.20. The molecule has 0 fully saturated rings. The van der Waals surface area contributed by atoms with Gasteiger partial charge in [-0.25, -0.2) is 0 Å². The summed E-state index contributed by atoms with van der Waals surface area (Å²) in [6, 6.07) is 1.71. The van der Waals surface area contributed by atoms with E-state index >= 15 is 0 Å². The summed E-state index contributed by atoms with van der Waals surface area (Å²) in [5, 5.41) is 24.3. The number of nitriles is 1. The molecule has 0 aromatic heterocycles. The maximum absolute atomic E-state index is 8.39. The van der Waals surface area contributed by atoms with E-state index in [1.165, 1.54) is 0 Å². The summed E-state index contributed by atoms with van der Waals surface area (Å²) in [7, 11) is 0. The van der Waals surface area contributed by atoms with Crippen molar-refractivity contribution in [1.82, 2.24) is 0 Å². The van der Waals surface area contributed by atoms with E-state index in [1.54, 1.807) is 6.07 Å². The van der Waals surface area contributed by atoms with Crippen LogP contribution in [-0.4, -0.2) is 22.9 Å². The SMILES string of the molecule is N#CC[C@@H](O)CO. The predicted molar refractivity (Wildman–Crippen MR) is 23.3 cm³/mol. The van der Waals surface area contributed by atoms with Gasteiger partial charge in [0, 0.05) is 0 Å². The van der Waals surface area contributed by atoms with E-state index in [2.05, 4.69) is 0 Å². The minimum Gasteiger partial charge on any atom is -0.394 e. The van der Waals surface area contributed by atoms with Crippen LogP contribution < -0.4 is 0 Å². The Hall–Kier alpha value is -0.590. The third-order valence-electron chi connectivity index (χ3n) is 0.538. The molecule has 1 atom stereocenters. The Labute approximate surface area is 41.8 Å². The molecule has 0 heterocycles. The summed E-state index contributed by atoms with van der Waals surface area (Å²) in [5.74, 6) is 0. The first-order chi connectivity index (χ1) is 3.31. The van der Waals surface area contributed by atoms with Crippen molar-refractivity contribution in [2.45, 2.75) is 12.5 Å². The highest BCUT2D eigenvalue weighted by Crippen LogP contribution is 1.83. The van der Waals surface area contributed by atoms with Crippen LogP contribution in [0, 0.1) is 11.3 Å². The van der Waals surface area contributed by atoms with Crippen molar-refractivity contribution in [2.24, 2.45) is 0 Å². The highest BCUT2D eigenvalue weighted by Gasteiger charge is 1.96. The average Bonchev–Trinajstić information content (AvgIpc) is 1.68. The van der Waals surface area contributed by atoms with Crippen LogP contribution in [0.4, 0.5) is 0 Å². The molecule has 0 bridgehead atoms. The van der Waals surface area contributed by atoms with E-state index in [0.29, 0.717) is 0 Å². The fraction of sp³-hybridized carbons (Fsp3) is 0.750. The lowest BCUT2D eigenvalue weighted by molar-refractivity contribution is 0.0989. The van der Waals surface area contributed by atoms with Gasteiger partial charge < -0.3 is 10.2 Å². The second-order valence-electron chi connectivity index (χ2n) is 1.20. The van der Waals surface area contributed by atoms with Crippen LogP contribution in [0.3, 0.4) is 0 Å². The largest absolute Gasteiger partial charge is 0.394 e. The minimum absolute atomic E-state index is 0.0104. The van der Waals surface area contributed by atoms with Gasteiger partial charge >= 0.3 is 0 Å². The summed E-state index contributed by atoms with van der Waals surface area (Å²) in [6.45, 7) is -0.326. The van der Waals surface area contributed by atoms with Crippen molar-refractivity contribution < 1.29 is 10.2 Å². The highest BCUT2D eigenvalue weighted by atomic mass is 16.3. The zero-order valence-corrected chi connectivity index (χ0v) is 3.83. The van der Waals surface area contributed by atoms with E-state index in [4.69, 9.17) is 15.5 Å². The van der Waals surface area contributed by atoms with E-state index in [1.807, 2.05) is 0 Å². The second kappa shape index (κ2) is 3.59. The highest BCUT2D eigenvalue weighted by molar-refractivity contribution is 4.73. The van der Waals surface area contributed by atoms with Gasteiger partial charge in [0.1, 0.15) is 0 Å². The molecule has 2 N–H and O–H groups in total. The normalized spacial score (nSPS) is 12.7. The molecule has 0 spiro atoms. The lowest BCUT2D eigenvalue weighted by atomic mass is 10.3. The molecule has 0 aromatic carbocycles. The van der Waals surface area contributed by atoms with Gasteiger partial charge in [0.05, 0.1) is 25.2 Å².